The van der Waals surface area contributed by atoms with Crippen molar-refractivity contribution in [3.8, 4) is 5.69 Å². The summed E-state index contributed by atoms with van der Waals surface area (Å²) in [6.45, 7) is 2.20. The molecular weight excluding hydrogens is 340 g/mol. The lowest BCUT2D eigenvalue weighted by molar-refractivity contribution is -0.136. The standard InChI is InChI=1S/C17H20N4O3S/c1-11-5-2-3-6-14(11)21-15(12-9-25-10-13(12)20-21)19-17(24)16(23)18-7-4-8-22/h2-3,5-6,22H,4,7-10H2,1H3,(H,18,23)(H,19,24). The van der Waals surface area contributed by atoms with Gasteiger partial charge in [0.1, 0.15) is 5.82 Å². The van der Waals surface area contributed by atoms with Crippen LogP contribution in [0.2, 0.25) is 0 Å². The molecule has 2 amide bonds. The van der Waals surface area contributed by atoms with E-state index in [2.05, 4.69) is 15.7 Å². The molecule has 1 aliphatic rings. The second-order valence-electron chi connectivity index (χ2n) is 5.75. The van der Waals surface area contributed by atoms with E-state index in [1.54, 1.807) is 16.4 Å². The van der Waals surface area contributed by atoms with Crippen LogP contribution in [0.1, 0.15) is 23.2 Å². The van der Waals surface area contributed by atoms with Crippen LogP contribution in [0.5, 0.6) is 0 Å². The van der Waals surface area contributed by atoms with Crippen LogP contribution in [0.15, 0.2) is 24.3 Å². The molecule has 8 heteroatoms. The lowest BCUT2D eigenvalue weighted by Gasteiger charge is -2.12. The lowest BCUT2D eigenvalue weighted by Crippen LogP contribution is -2.36. The van der Waals surface area contributed by atoms with Gasteiger partial charge in [-0.2, -0.15) is 16.9 Å². The molecule has 3 rings (SSSR count). The van der Waals surface area contributed by atoms with Crippen molar-refractivity contribution in [2.24, 2.45) is 0 Å². The zero-order chi connectivity index (χ0) is 17.8. The van der Waals surface area contributed by atoms with Crippen LogP contribution in [0.4, 0.5) is 5.82 Å². The first-order valence-corrected chi connectivity index (χ1v) is 9.22. The predicted molar refractivity (Wildman–Crippen MR) is 96.6 cm³/mol. The summed E-state index contributed by atoms with van der Waals surface area (Å²) in [7, 11) is 0. The molecule has 0 atom stereocenters. The molecule has 0 bridgehead atoms. The molecule has 25 heavy (non-hydrogen) atoms. The number of hydrogen-bond acceptors (Lipinski definition) is 5. The summed E-state index contributed by atoms with van der Waals surface area (Å²) in [5, 5.41) is 18.6. The zero-order valence-electron chi connectivity index (χ0n) is 13.9. The van der Waals surface area contributed by atoms with Gasteiger partial charge in [-0.1, -0.05) is 18.2 Å². The van der Waals surface area contributed by atoms with Crippen LogP contribution >= 0.6 is 11.8 Å². The monoisotopic (exact) mass is 360 g/mol. The van der Waals surface area contributed by atoms with E-state index < -0.39 is 11.8 Å². The van der Waals surface area contributed by atoms with E-state index in [-0.39, 0.29) is 13.2 Å². The Morgan fingerprint density at radius 3 is 2.84 bits per heavy atom. The van der Waals surface area contributed by atoms with E-state index in [9.17, 15) is 9.59 Å². The zero-order valence-corrected chi connectivity index (χ0v) is 14.7. The number of para-hydroxylation sites is 1. The number of anilines is 1. The number of carbonyl (C=O) groups excluding carboxylic acids is 2. The number of benzene rings is 1. The molecule has 0 aliphatic carbocycles. The minimum Gasteiger partial charge on any atom is -0.396 e. The van der Waals surface area contributed by atoms with Gasteiger partial charge in [-0.15, -0.1) is 0 Å². The van der Waals surface area contributed by atoms with Crippen LogP contribution in [0.25, 0.3) is 5.69 Å². The molecule has 0 unspecified atom stereocenters. The minimum atomic E-state index is -0.729. The number of aliphatic hydroxyl groups excluding tert-OH is 1. The summed E-state index contributed by atoms with van der Waals surface area (Å²) in [6, 6.07) is 7.77. The number of aliphatic hydroxyl groups is 1. The molecule has 3 N–H and O–H groups in total. The average Bonchev–Trinajstić information content (AvgIpc) is 3.18. The number of nitrogens with zero attached hydrogens (tertiary/aromatic N) is 2. The minimum absolute atomic E-state index is 0.0350. The Balaban J connectivity index is 1.87. The Bertz CT molecular complexity index is 803. The Labute approximate surface area is 149 Å². The largest absolute Gasteiger partial charge is 0.396 e. The molecule has 0 fully saturated rings. The summed E-state index contributed by atoms with van der Waals surface area (Å²) >= 11 is 1.73. The first-order valence-electron chi connectivity index (χ1n) is 8.06. The fourth-order valence-electron chi connectivity index (χ4n) is 2.64. The number of hydrogen-bond donors (Lipinski definition) is 3. The second-order valence-corrected chi connectivity index (χ2v) is 6.74. The van der Waals surface area contributed by atoms with Crippen molar-refractivity contribution >= 4 is 29.4 Å². The normalized spacial score (nSPS) is 12.7. The van der Waals surface area contributed by atoms with Crippen LogP contribution in [0.3, 0.4) is 0 Å². The van der Waals surface area contributed by atoms with Crippen LogP contribution < -0.4 is 10.6 Å². The fraction of sp³-hybridized carbons (Fsp3) is 0.353. The SMILES string of the molecule is Cc1ccccc1-n1nc2c(c1NC(=O)C(=O)NCCCO)CSC2. The molecular formula is C17H20N4O3S. The number of rotatable bonds is 5. The van der Waals surface area contributed by atoms with Crippen molar-refractivity contribution in [2.75, 3.05) is 18.5 Å². The molecule has 0 radical (unpaired) electrons. The first kappa shape index (κ1) is 17.5. The van der Waals surface area contributed by atoms with E-state index in [0.717, 1.165) is 34.0 Å². The third kappa shape index (κ3) is 3.69. The third-order valence-electron chi connectivity index (χ3n) is 3.95. The number of aromatic nitrogens is 2. The summed E-state index contributed by atoms with van der Waals surface area (Å²) < 4.78 is 1.71. The Kier molecular flexibility index (Phi) is 5.40. The number of carbonyl (C=O) groups is 2. The highest BCUT2D eigenvalue weighted by Gasteiger charge is 2.26. The van der Waals surface area contributed by atoms with E-state index in [0.29, 0.717) is 12.2 Å². The predicted octanol–water partition coefficient (Wildman–Crippen LogP) is 1.36. The van der Waals surface area contributed by atoms with E-state index in [4.69, 9.17) is 5.11 Å². The highest BCUT2D eigenvalue weighted by molar-refractivity contribution is 7.98. The highest BCUT2D eigenvalue weighted by atomic mass is 32.2. The maximum atomic E-state index is 12.2. The fourth-order valence-corrected chi connectivity index (χ4v) is 3.68. The molecule has 1 aromatic carbocycles. The summed E-state index contributed by atoms with van der Waals surface area (Å²) in [6.07, 6.45) is 0.409. The van der Waals surface area contributed by atoms with Gasteiger partial charge in [0, 0.05) is 30.2 Å². The van der Waals surface area contributed by atoms with Crippen LogP contribution in [-0.2, 0) is 21.1 Å². The molecule has 2 aromatic rings. The van der Waals surface area contributed by atoms with Gasteiger partial charge in [-0.3, -0.25) is 9.59 Å². The molecule has 0 saturated heterocycles. The average molecular weight is 360 g/mol. The van der Waals surface area contributed by atoms with Gasteiger partial charge in [-0.05, 0) is 25.0 Å². The maximum Gasteiger partial charge on any atom is 0.314 e. The molecule has 0 spiro atoms. The smallest absolute Gasteiger partial charge is 0.314 e. The van der Waals surface area contributed by atoms with Gasteiger partial charge in [0.15, 0.2) is 0 Å². The summed E-state index contributed by atoms with van der Waals surface area (Å²) in [5.41, 5.74) is 3.80. The van der Waals surface area contributed by atoms with Crippen molar-refractivity contribution in [3.63, 3.8) is 0 Å². The van der Waals surface area contributed by atoms with Crippen molar-refractivity contribution in [2.45, 2.75) is 24.9 Å². The van der Waals surface area contributed by atoms with E-state index in [1.807, 2.05) is 31.2 Å². The molecule has 1 aliphatic heterocycles. The summed E-state index contributed by atoms with van der Waals surface area (Å²) in [4.78, 5) is 24.2. The maximum absolute atomic E-state index is 12.2. The summed E-state index contributed by atoms with van der Waals surface area (Å²) in [5.74, 6) is 0.650. The van der Waals surface area contributed by atoms with Gasteiger partial charge < -0.3 is 15.7 Å². The first-order chi connectivity index (χ1) is 12.1. The number of nitrogens with one attached hydrogen (secondary N) is 2. The molecule has 0 saturated carbocycles. The number of aryl methyl sites for hydroxylation is 1. The number of amides is 2. The van der Waals surface area contributed by atoms with Crippen molar-refractivity contribution in [1.82, 2.24) is 15.1 Å². The third-order valence-corrected chi connectivity index (χ3v) is 4.92. The van der Waals surface area contributed by atoms with Gasteiger partial charge in [0.25, 0.3) is 0 Å². The van der Waals surface area contributed by atoms with Crippen molar-refractivity contribution < 1.29 is 14.7 Å². The second kappa shape index (κ2) is 7.71. The number of thioether (sulfide) groups is 1. The van der Waals surface area contributed by atoms with Crippen LogP contribution in [0, 0.1) is 6.92 Å². The molecule has 2 heterocycles. The van der Waals surface area contributed by atoms with Crippen molar-refractivity contribution in [1.29, 1.82) is 0 Å². The molecule has 7 nitrogen and oxygen atoms in total. The van der Waals surface area contributed by atoms with Crippen LogP contribution in [-0.4, -0.2) is 39.9 Å². The Morgan fingerprint density at radius 1 is 1.28 bits per heavy atom. The lowest BCUT2D eigenvalue weighted by atomic mass is 10.2. The van der Waals surface area contributed by atoms with Gasteiger partial charge >= 0.3 is 11.8 Å². The Morgan fingerprint density at radius 2 is 2.08 bits per heavy atom. The quantitative estimate of drug-likeness (QED) is 0.553. The van der Waals surface area contributed by atoms with E-state index in [1.165, 1.54) is 0 Å². The van der Waals surface area contributed by atoms with Gasteiger partial charge in [-0.25, -0.2) is 4.68 Å². The van der Waals surface area contributed by atoms with Crippen molar-refractivity contribution in [3.05, 3.63) is 41.1 Å². The number of fused-ring (bicyclic) bond motifs is 1. The van der Waals surface area contributed by atoms with Gasteiger partial charge in [0.2, 0.25) is 0 Å². The Hall–Kier alpha value is -2.32. The highest BCUT2D eigenvalue weighted by Crippen LogP contribution is 2.36. The topological polar surface area (TPSA) is 96.2 Å². The molecule has 1 aromatic heterocycles. The molecule has 132 valence electrons. The van der Waals surface area contributed by atoms with Gasteiger partial charge in [0.05, 0.1) is 11.4 Å². The van der Waals surface area contributed by atoms with E-state index >= 15 is 0 Å².